The van der Waals surface area contributed by atoms with E-state index >= 15 is 0 Å². The summed E-state index contributed by atoms with van der Waals surface area (Å²) in [5, 5.41) is 0. The van der Waals surface area contributed by atoms with E-state index in [2.05, 4.69) is 0 Å². The van der Waals surface area contributed by atoms with Crippen molar-refractivity contribution in [2.45, 2.75) is 0 Å². The number of carbonyl (C=O) groups is 1. The van der Waals surface area contributed by atoms with Crippen molar-refractivity contribution >= 4 is 17.7 Å². The molecule has 0 aromatic heterocycles. The van der Waals surface area contributed by atoms with Gasteiger partial charge in [0.25, 0.3) is 0 Å². The summed E-state index contributed by atoms with van der Waals surface area (Å²) >= 11 is 0. The molecule has 2 aliphatic rings. The number of carbonyl (C=O) groups excluding carboxylic acids is 1. The number of fused-ring (bicyclic) bond motifs is 1. The average Bonchev–Trinajstić information content (AvgIpc) is 3.19. The highest BCUT2D eigenvalue weighted by atomic mass is 19.1. The summed E-state index contributed by atoms with van der Waals surface area (Å²) < 4.78 is 37.6. The highest BCUT2D eigenvalue weighted by Crippen LogP contribution is 2.32. The van der Waals surface area contributed by atoms with Crippen LogP contribution in [0.1, 0.15) is 5.56 Å². The van der Waals surface area contributed by atoms with Crippen LogP contribution >= 0.6 is 0 Å². The Balaban J connectivity index is 1.29. The van der Waals surface area contributed by atoms with Gasteiger partial charge in [-0.15, -0.1) is 0 Å². The summed E-state index contributed by atoms with van der Waals surface area (Å²) in [7, 11) is 0. The largest absolute Gasteiger partial charge is 0.454 e. The Labute approximate surface area is 167 Å². The zero-order valence-electron chi connectivity index (χ0n) is 15.7. The van der Waals surface area contributed by atoms with Crippen LogP contribution < -0.4 is 14.4 Å². The van der Waals surface area contributed by atoms with Gasteiger partial charge in [0.2, 0.25) is 12.7 Å². The molecular formula is C22H20F2N2O3. The summed E-state index contributed by atoms with van der Waals surface area (Å²) in [4.78, 5) is 15.9. The van der Waals surface area contributed by atoms with E-state index in [1.165, 1.54) is 18.2 Å². The molecule has 2 heterocycles. The van der Waals surface area contributed by atoms with Crippen LogP contribution in [0.2, 0.25) is 0 Å². The highest BCUT2D eigenvalue weighted by Gasteiger charge is 2.21. The van der Waals surface area contributed by atoms with Crippen LogP contribution in [-0.2, 0) is 4.79 Å². The molecule has 1 saturated heterocycles. The third-order valence-corrected chi connectivity index (χ3v) is 4.88. The molecule has 0 unspecified atom stereocenters. The van der Waals surface area contributed by atoms with Crippen molar-refractivity contribution in [1.82, 2.24) is 4.90 Å². The number of allylic oxidation sites excluding steroid dienone is 2. The molecule has 7 heteroatoms. The highest BCUT2D eigenvalue weighted by molar-refractivity contribution is 5.88. The summed E-state index contributed by atoms with van der Waals surface area (Å²) in [6, 6.07) is 9.19. The maximum Gasteiger partial charge on any atom is 0.246 e. The quantitative estimate of drug-likeness (QED) is 0.583. The molecule has 0 bridgehead atoms. The lowest BCUT2D eigenvalue weighted by atomic mass is 10.2. The van der Waals surface area contributed by atoms with Crippen LogP contribution in [0.5, 0.6) is 11.5 Å². The van der Waals surface area contributed by atoms with Crippen molar-refractivity contribution in [3.63, 3.8) is 0 Å². The monoisotopic (exact) mass is 398 g/mol. The predicted octanol–water partition coefficient (Wildman–Crippen LogP) is 3.61. The second-order valence-corrected chi connectivity index (χ2v) is 6.74. The normalized spacial score (nSPS) is 16.2. The minimum Gasteiger partial charge on any atom is -0.454 e. The van der Waals surface area contributed by atoms with Gasteiger partial charge in [-0.1, -0.05) is 24.3 Å². The zero-order chi connectivity index (χ0) is 20.2. The van der Waals surface area contributed by atoms with Crippen LogP contribution in [0.4, 0.5) is 14.5 Å². The lowest BCUT2D eigenvalue weighted by Crippen LogP contribution is -2.48. The first-order valence-electron chi connectivity index (χ1n) is 9.33. The number of hydrogen-bond acceptors (Lipinski definition) is 4. The molecule has 5 nitrogen and oxygen atoms in total. The van der Waals surface area contributed by atoms with Crippen molar-refractivity contribution < 1.29 is 23.0 Å². The maximum atomic E-state index is 13.9. The Morgan fingerprint density at radius 1 is 0.931 bits per heavy atom. The topological polar surface area (TPSA) is 42.0 Å². The Kier molecular flexibility index (Phi) is 5.46. The molecule has 1 amide bonds. The van der Waals surface area contributed by atoms with Crippen LogP contribution in [-0.4, -0.2) is 43.8 Å². The third-order valence-electron chi connectivity index (χ3n) is 4.88. The Morgan fingerprint density at radius 2 is 1.72 bits per heavy atom. The van der Waals surface area contributed by atoms with E-state index in [9.17, 15) is 13.6 Å². The Morgan fingerprint density at radius 3 is 2.52 bits per heavy atom. The van der Waals surface area contributed by atoms with Gasteiger partial charge < -0.3 is 19.3 Å². The summed E-state index contributed by atoms with van der Waals surface area (Å²) in [5.74, 6) is 0.159. The molecule has 1 fully saturated rings. The minimum atomic E-state index is -0.598. The second kappa shape index (κ2) is 8.34. The van der Waals surface area contributed by atoms with E-state index < -0.39 is 11.6 Å². The molecule has 2 aliphatic heterocycles. The smallest absolute Gasteiger partial charge is 0.246 e. The van der Waals surface area contributed by atoms with Gasteiger partial charge in [-0.05, 0) is 29.8 Å². The molecule has 0 atom stereocenters. The first-order chi connectivity index (χ1) is 14.1. The number of benzene rings is 2. The number of amides is 1. The molecule has 29 heavy (non-hydrogen) atoms. The molecule has 0 spiro atoms. The molecule has 150 valence electrons. The maximum absolute atomic E-state index is 13.9. The molecule has 2 aromatic carbocycles. The average molecular weight is 398 g/mol. The van der Waals surface area contributed by atoms with Crippen molar-refractivity contribution in [3.8, 4) is 11.5 Å². The lowest BCUT2D eigenvalue weighted by Gasteiger charge is -2.35. The number of rotatable bonds is 4. The van der Waals surface area contributed by atoms with Gasteiger partial charge in [0, 0.05) is 38.3 Å². The van der Waals surface area contributed by atoms with Crippen LogP contribution in [0.25, 0.3) is 6.08 Å². The number of nitrogens with zero attached hydrogens (tertiary/aromatic N) is 2. The van der Waals surface area contributed by atoms with Crippen LogP contribution in [0, 0.1) is 11.6 Å². The van der Waals surface area contributed by atoms with E-state index in [4.69, 9.17) is 9.47 Å². The fourth-order valence-electron chi connectivity index (χ4n) is 3.33. The molecule has 2 aromatic rings. The summed E-state index contributed by atoms with van der Waals surface area (Å²) in [6.45, 7) is 2.18. The lowest BCUT2D eigenvalue weighted by molar-refractivity contribution is -0.126. The van der Waals surface area contributed by atoms with Crippen molar-refractivity contribution in [1.29, 1.82) is 0 Å². The van der Waals surface area contributed by atoms with Gasteiger partial charge in [-0.25, -0.2) is 8.78 Å². The fourth-order valence-corrected chi connectivity index (χ4v) is 3.33. The van der Waals surface area contributed by atoms with Gasteiger partial charge >= 0.3 is 0 Å². The molecule has 4 rings (SSSR count). The SMILES string of the molecule is O=C(C=CC=Cc1ccc2c(c1)OCO2)N1CCN(c2ccc(F)cc2F)CC1. The second-order valence-electron chi connectivity index (χ2n) is 6.74. The van der Waals surface area contributed by atoms with Crippen molar-refractivity contribution in [2.24, 2.45) is 0 Å². The van der Waals surface area contributed by atoms with Gasteiger partial charge in [0.1, 0.15) is 11.6 Å². The van der Waals surface area contributed by atoms with Gasteiger partial charge in [0.05, 0.1) is 5.69 Å². The first kappa shape index (κ1) is 19.0. The number of hydrogen-bond donors (Lipinski definition) is 0. The standard InChI is InChI=1S/C22H20F2N2O3/c23-17-6-7-19(18(24)14-17)25-9-11-26(12-10-25)22(27)4-2-1-3-16-5-8-20-21(13-16)29-15-28-20/h1-8,13-14H,9-12,15H2. The van der Waals surface area contributed by atoms with Crippen molar-refractivity contribution in [3.05, 3.63) is 71.8 Å². The van der Waals surface area contributed by atoms with E-state index in [0.29, 0.717) is 37.6 Å². The molecular weight excluding hydrogens is 378 g/mol. The number of piperazine rings is 1. The summed E-state index contributed by atoms with van der Waals surface area (Å²) in [5.41, 5.74) is 1.31. The van der Waals surface area contributed by atoms with Gasteiger partial charge in [-0.3, -0.25) is 4.79 Å². The number of anilines is 1. The molecule has 0 saturated carbocycles. The predicted molar refractivity (Wildman–Crippen MR) is 106 cm³/mol. The van der Waals surface area contributed by atoms with E-state index in [0.717, 1.165) is 17.4 Å². The van der Waals surface area contributed by atoms with Gasteiger partial charge in [-0.2, -0.15) is 0 Å². The van der Waals surface area contributed by atoms with Gasteiger partial charge in [0.15, 0.2) is 11.5 Å². The van der Waals surface area contributed by atoms with Crippen molar-refractivity contribution in [2.75, 3.05) is 37.9 Å². The van der Waals surface area contributed by atoms with E-state index in [-0.39, 0.29) is 12.7 Å². The third kappa shape index (κ3) is 4.39. The minimum absolute atomic E-state index is 0.0976. The molecule has 0 aliphatic carbocycles. The molecule has 0 radical (unpaired) electrons. The fraction of sp³-hybridized carbons (Fsp3) is 0.227. The zero-order valence-corrected chi connectivity index (χ0v) is 15.7. The summed E-state index contributed by atoms with van der Waals surface area (Å²) in [6.07, 6.45) is 6.87. The Bertz CT molecular complexity index is 967. The van der Waals surface area contributed by atoms with E-state index in [1.807, 2.05) is 29.2 Å². The van der Waals surface area contributed by atoms with E-state index in [1.54, 1.807) is 17.1 Å². The Hall–Kier alpha value is -3.35. The van der Waals surface area contributed by atoms with Crippen LogP contribution in [0.15, 0.2) is 54.6 Å². The van der Waals surface area contributed by atoms with Crippen LogP contribution in [0.3, 0.4) is 0 Å². The first-order valence-corrected chi connectivity index (χ1v) is 9.33. The number of ether oxygens (including phenoxy) is 2. The molecule has 0 N–H and O–H groups in total. The number of halogens is 2.